The van der Waals surface area contributed by atoms with Gasteiger partial charge in [-0.2, -0.15) is 9.97 Å². The number of aromatic nitrogens is 2. The van der Waals surface area contributed by atoms with Crippen LogP contribution in [0.2, 0.25) is 0 Å². The summed E-state index contributed by atoms with van der Waals surface area (Å²) in [7, 11) is 1.68. The van der Waals surface area contributed by atoms with E-state index in [1.54, 1.807) is 7.11 Å². The second-order valence-corrected chi connectivity index (χ2v) is 12.6. The number of halogens is 2. The molecule has 3 heterocycles. The van der Waals surface area contributed by atoms with Crippen molar-refractivity contribution >= 4 is 30.7 Å². The van der Waals surface area contributed by atoms with Crippen LogP contribution in [0, 0.1) is 0 Å². The van der Waals surface area contributed by atoms with Crippen molar-refractivity contribution in [2.45, 2.75) is 69.7 Å². The van der Waals surface area contributed by atoms with Gasteiger partial charge < -0.3 is 19.5 Å². The lowest BCUT2D eigenvalue weighted by molar-refractivity contribution is -0.137. The Morgan fingerprint density at radius 1 is 0.913 bits per heavy atom. The zero-order valence-corrected chi connectivity index (χ0v) is 28.6. The fourth-order valence-electron chi connectivity index (χ4n) is 6.91. The molecule has 0 radical (unpaired) electrons. The van der Waals surface area contributed by atoms with Gasteiger partial charge in [-0.3, -0.25) is 14.6 Å². The summed E-state index contributed by atoms with van der Waals surface area (Å²) >= 11 is 0. The third-order valence-electron chi connectivity index (χ3n) is 9.06. The molecule has 2 aromatic carbocycles. The molecular weight excluding hydrogens is 625 g/mol. The van der Waals surface area contributed by atoms with Crippen LogP contribution in [0.25, 0.3) is 0 Å². The molecule has 250 valence electrons. The number of nitrogens with zero attached hydrogens (tertiary/aromatic N) is 5. The average Bonchev–Trinajstić information content (AvgIpc) is 3.88. The number of carbonyl (C=O) groups excluding carboxylic acids is 1. The van der Waals surface area contributed by atoms with Gasteiger partial charge in [-0.15, -0.1) is 24.8 Å². The van der Waals surface area contributed by atoms with Gasteiger partial charge in [0.15, 0.2) is 0 Å². The molecule has 11 heteroatoms. The fraction of sp³-hybridized carbons (Fsp3) is 0.514. The minimum atomic E-state index is -0.127. The molecule has 6 rings (SSSR count). The van der Waals surface area contributed by atoms with Crippen LogP contribution >= 0.6 is 24.8 Å². The number of hydrogen-bond acceptors (Lipinski definition) is 8. The normalized spacial score (nSPS) is 20.1. The number of amides is 1. The molecule has 1 aromatic heterocycles. The van der Waals surface area contributed by atoms with Crippen molar-refractivity contribution in [3.8, 4) is 11.8 Å². The summed E-state index contributed by atoms with van der Waals surface area (Å²) in [6.45, 7) is 8.19. The summed E-state index contributed by atoms with van der Waals surface area (Å²) in [4.78, 5) is 29.7. The zero-order valence-electron chi connectivity index (χ0n) is 27.0. The number of carbonyl (C=O) groups is 1. The van der Waals surface area contributed by atoms with Crippen LogP contribution in [0.3, 0.4) is 0 Å². The first-order valence-electron chi connectivity index (χ1n) is 16.0. The smallest absolute Gasteiger partial charge is 0.225 e. The van der Waals surface area contributed by atoms with Crippen LogP contribution in [0.15, 0.2) is 60.7 Å². The first kappa shape index (κ1) is 35.9. The summed E-state index contributed by atoms with van der Waals surface area (Å²) in [5, 5.41) is 9.47. The van der Waals surface area contributed by atoms with Crippen LogP contribution in [0.5, 0.6) is 11.8 Å². The van der Waals surface area contributed by atoms with Crippen molar-refractivity contribution in [2.75, 3.05) is 46.4 Å². The van der Waals surface area contributed by atoms with E-state index in [2.05, 4.69) is 70.5 Å². The Labute approximate surface area is 285 Å². The Morgan fingerprint density at radius 2 is 1.54 bits per heavy atom. The maximum atomic E-state index is 12.9. The number of methoxy groups -OCH3 is 1. The minimum Gasteiger partial charge on any atom is -0.481 e. The molecule has 0 spiro atoms. The summed E-state index contributed by atoms with van der Waals surface area (Å²) in [5.41, 5.74) is 3.43. The number of aliphatic hydroxyl groups is 1. The molecule has 1 amide bonds. The Morgan fingerprint density at radius 3 is 2.11 bits per heavy atom. The predicted octanol–water partition coefficient (Wildman–Crippen LogP) is 4.90. The van der Waals surface area contributed by atoms with Crippen molar-refractivity contribution in [2.24, 2.45) is 0 Å². The topological polar surface area (TPSA) is 91.3 Å². The molecule has 2 atom stereocenters. The quantitative estimate of drug-likeness (QED) is 0.308. The lowest BCUT2D eigenvalue weighted by Gasteiger charge is -2.53. The van der Waals surface area contributed by atoms with Crippen molar-refractivity contribution in [1.82, 2.24) is 24.7 Å². The minimum absolute atomic E-state index is 0. The van der Waals surface area contributed by atoms with Crippen LogP contribution in [0.4, 0.5) is 0 Å². The molecule has 3 aliphatic rings. The van der Waals surface area contributed by atoms with E-state index in [1.165, 1.54) is 11.1 Å². The molecule has 1 saturated carbocycles. The monoisotopic (exact) mass is 671 g/mol. The summed E-state index contributed by atoms with van der Waals surface area (Å²) in [6.07, 6.45) is 2.32. The highest BCUT2D eigenvalue weighted by molar-refractivity contribution is 5.85. The second-order valence-electron chi connectivity index (χ2n) is 12.6. The Bertz CT molecular complexity index is 1370. The zero-order chi connectivity index (χ0) is 30.6. The fourth-order valence-corrected chi connectivity index (χ4v) is 6.91. The van der Waals surface area contributed by atoms with Crippen molar-refractivity contribution in [3.05, 3.63) is 83.2 Å². The molecule has 1 aliphatic carbocycles. The number of piperazine rings is 2. The lowest BCUT2D eigenvalue weighted by Crippen LogP contribution is -2.67. The first-order valence-corrected chi connectivity index (χ1v) is 16.0. The van der Waals surface area contributed by atoms with Gasteiger partial charge in [0.05, 0.1) is 25.4 Å². The molecular formula is C35H47Cl2N5O4. The number of fused-ring (bicyclic) bond motifs is 1. The van der Waals surface area contributed by atoms with Gasteiger partial charge in [0.25, 0.3) is 0 Å². The van der Waals surface area contributed by atoms with Gasteiger partial charge in [0.2, 0.25) is 17.7 Å². The second kappa shape index (κ2) is 16.2. The Balaban J connectivity index is 0.00000240. The number of rotatable bonds is 11. The van der Waals surface area contributed by atoms with E-state index in [4.69, 9.17) is 19.4 Å². The molecule has 2 aliphatic heterocycles. The maximum absolute atomic E-state index is 12.9. The number of benzene rings is 2. The lowest BCUT2D eigenvalue weighted by atomic mass is 9.81. The van der Waals surface area contributed by atoms with E-state index < -0.39 is 0 Å². The molecule has 9 nitrogen and oxygen atoms in total. The molecule has 2 saturated heterocycles. The van der Waals surface area contributed by atoms with E-state index >= 15 is 0 Å². The standard InChI is InChI=1S/C35H45N5O4.2ClH/c1-24(2)44-35-29(34(43-3)36-33(37-35)27-14-15-27)22-38-20-28-21-39(31(42)16-19-41)17-18-40(28)30(23-38)32(25-10-6-4-7-11-25)26-12-8-5-9-13-26;;/h4-13,24,27-28,30,32,41H,14-23H2,1-3H3;2*1H/t28-,30+;;/m1../s1. The van der Waals surface area contributed by atoms with Gasteiger partial charge in [-0.25, -0.2) is 0 Å². The number of ether oxygens (including phenoxy) is 2. The molecule has 0 unspecified atom stereocenters. The third kappa shape index (κ3) is 8.12. The molecule has 3 aromatic rings. The average molecular weight is 673 g/mol. The molecule has 1 N–H and O–H groups in total. The summed E-state index contributed by atoms with van der Waals surface area (Å²) < 4.78 is 12.2. The highest BCUT2D eigenvalue weighted by Crippen LogP contribution is 2.42. The highest BCUT2D eigenvalue weighted by atomic mass is 35.5. The van der Waals surface area contributed by atoms with E-state index in [1.807, 2.05) is 18.7 Å². The predicted molar refractivity (Wildman–Crippen MR) is 183 cm³/mol. The summed E-state index contributed by atoms with van der Waals surface area (Å²) in [5.74, 6) is 2.54. The van der Waals surface area contributed by atoms with Gasteiger partial charge in [-0.1, -0.05) is 60.7 Å². The van der Waals surface area contributed by atoms with Crippen LogP contribution in [-0.4, -0.2) is 100 Å². The van der Waals surface area contributed by atoms with Crippen LogP contribution < -0.4 is 9.47 Å². The Hall–Kier alpha value is -2.95. The Kier molecular flexibility index (Phi) is 12.7. The van der Waals surface area contributed by atoms with Crippen molar-refractivity contribution < 1.29 is 19.4 Å². The van der Waals surface area contributed by atoms with Crippen LogP contribution in [-0.2, 0) is 11.3 Å². The SMILES string of the molecule is COc1nc(C2CC2)nc(OC(C)C)c1CN1C[C@@H]2CN(C(=O)CCO)CCN2[C@H](C(c2ccccc2)c2ccccc2)C1.Cl.Cl. The molecule has 3 fully saturated rings. The largest absolute Gasteiger partial charge is 0.481 e. The number of hydrogen-bond donors (Lipinski definition) is 1. The maximum Gasteiger partial charge on any atom is 0.225 e. The first-order chi connectivity index (χ1) is 21.4. The number of aliphatic hydroxyl groups excluding tert-OH is 1. The van der Waals surface area contributed by atoms with Gasteiger partial charge in [0.1, 0.15) is 5.82 Å². The van der Waals surface area contributed by atoms with E-state index in [0.717, 1.165) is 43.9 Å². The van der Waals surface area contributed by atoms with E-state index in [0.29, 0.717) is 37.3 Å². The molecule has 0 bridgehead atoms. The molecule has 46 heavy (non-hydrogen) atoms. The summed E-state index contributed by atoms with van der Waals surface area (Å²) in [6, 6.07) is 21.8. The highest BCUT2D eigenvalue weighted by Gasteiger charge is 2.43. The van der Waals surface area contributed by atoms with Gasteiger partial charge >= 0.3 is 0 Å². The van der Waals surface area contributed by atoms with Gasteiger partial charge in [-0.05, 0) is 37.8 Å². The van der Waals surface area contributed by atoms with E-state index in [-0.39, 0.29) is 67.9 Å². The third-order valence-corrected chi connectivity index (χ3v) is 9.06. The van der Waals surface area contributed by atoms with Gasteiger partial charge in [0, 0.05) is 69.6 Å². The van der Waals surface area contributed by atoms with Crippen molar-refractivity contribution in [1.29, 1.82) is 0 Å². The van der Waals surface area contributed by atoms with Crippen molar-refractivity contribution in [3.63, 3.8) is 0 Å². The van der Waals surface area contributed by atoms with Crippen LogP contribution in [0.1, 0.15) is 67.5 Å². The van der Waals surface area contributed by atoms with E-state index in [9.17, 15) is 9.90 Å².